The summed E-state index contributed by atoms with van der Waals surface area (Å²) < 4.78 is 5.31. The molecule has 0 aromatic rings. The van der Waals surface area contributed by atoms with E-state index in [4.69, 9.17) is 10.5 Å². The summed E-state index contributed by atoms with van der Waals surface area (Å²) in [5.41, 5.74) is 5.51. The zero-order valence-electron chi connectivity index (χ0n) is 10.8. The standard InChI is InChI=1S/C12H24N2O2/c1-12(2,3)16-11(15)10(13)9-6-5-7-14(4)8-9/h9-10H,5-8,13H2,1-4H3. The van der Waals surface area contributed by atoms with Gasteiger partial charge in [-0.25, -0.2) is 0 Å². The average Bonchev–Trinajstić information content (AvgIpc) is 2.14. The van der Waals surface area contributed by atoms with Gasteiger partial charge >= 0.3 is 5.97 Å². The third kappa shape index (κ3) is 4.10. The highest BCUT2D eigenvalue weighted by molar-refractivity contribution is 5.76. The molecule has 1 heterocycles. The molecule has 4 heteroatoms. The third-order valence-corrected chi connectivity index (χ3v) is 2.85. The molecule has 16 heavy (non-hydrogen) atoms. The van der Waals surface area contributed by atoms with Crippen molar-refractivity contribution in [2.75, 3.05) is 20.1 Å². The number of hydrogen-bond donors (Lipinski definition) is 1. The fourth-order valence-corrected chi connectivity index (χ4v) is 2.06. The summed E-state index contributed by atoms with van der Waals surface area (Å²) in [7, 11) is 2.06. The second kappa shape index (κ2) is 5.15. The van der Waals surface area contributed by atoms with Gasteiger partial charge in [0.05, 0.1) is 0 Å². The molecule has 0 aliphatic carbocycles. The van der Waals surface area contributed by atoms with E-state index in [0.717, 1.165) is 25.9 Å². The molecule has 2 N–H and O–H groups in total. The number of nitrogens with zero attached hydrogens (tertiary/aromatic N) is 1. The zero-order valence-corrected chi connectivity index (χ0v) is 10.8. The lowest BCUT2D eigenvalue weighted by molar-refractivity contribution is -0.158. The Morgan fingerprint density at radius 3 is 2.62 bits per heavy atom. The van der Waals surface area contributed by atoms with E-state index >= 15 is 0 Å². The molecule has 0 amide bonds. The molecule has 4 nitrogen and oxygen atoms in total. The van der Waals surface area contributed by atoms with Crippen molar-refractivity contribution in [2.24, 2.45) is 11.7 Å². The van der Waals surface area contributed by atoms with Gasteiger partial charge in [0.2, 0.25) is 0 Å². The molecule has 0 aromatic carbocycles. The number of hydrogen-bond acceptors (Lipinski definition) is 4. The molecule has 2 atom stereocenters. The number of carbonyl (C=O) groups is 1. The van der Waals surface area contributed by atoms with Crippen molar-refractivity contribution in [1.82, 2.24) is 4.90 Å². The Balaban J connectivity index is 2.49. The molecular weight excluding hydrogens is 204 g/mol. The van der Waals surface area contributed by atoms with Crippen LogP contribution in [0.1, 0.15) is 33.6 Å². The number of carbonyl (C=O) groups excluding carboxylic acids is 1. The van der Waals surface area contributed by atoms with Gasteiger partial charge in [0.25, 0.3) is 0 Å². The number of piperidine rings is 1. The fourth-order valence-electron chi connectivity index (χ4n) is 2.06. The Hall–Kier alpha value is -0.610. The van der Waals surface area contributed by atoms with Crippen LogP contribution in [0.4, 0.5) is 0 Å². The van der Waals surface area contributed by atoms with Crippen molar-refractivity contribution in [3.8, 4) is 0 Å². The summed E-state index contributed by atoms with van der Waals surface area (Å²) in [5, 5.41) is 0. The molecule has 0 bridgehead atoms. The number of nitrogens with two attached hydrogens (primary N) is 1. The van der Waals surface area contributed by atoms with Gasteiger partial charge in [0, 0.05) is 6.54 Å². The van der Waals surface area contributed by atoms with Gasteiger partial charge < -0.3 is 15.4 Å². The van der Waals surface area contributed by atoms with E-state index in [1.807, 2.05) is 20.8 Å². The smallest absolute Gasteiger partial charge is 0.323 e. The molecule has 0 saturated carbocycles. The summed E-state index contributed by atoms with van der Waals surface area (Å²) in [5.74, 6) is -0.0404. The number of esters is 1. The molecular formula is C12H24N2O2. The maximum atomic E-state index is 11.8. The van der Waals surface area contributed by atoms with Gasteiger partial charge in [0.1, 0.15) is 11.6 Å². The summed E-state index contributed by atoms with van der Waals surface area (Å²) >= 11 is 0. The van der Waals surface area contributed by atoms with Crippen LogP contribution in [0.15, 0.2) is 0 Å². The molecule has 1 aliphatic rings. The average molecular weight is 228 g/mol. The maximum Gasteiger partial charge on any atom is 0.323 e. The Kier molecular flexibility index (Phi) is 4.33. The SMILES string of the molecule is CN1CCCC(C(N)C(=O)OC(C)(C)C)C1. The van der Waals surface area contributed by atoms with Crippen molar-refractivity contribution in [1.29, 1.82) is 0 Å². The minimum atomic E-state index is -0.484. The molecule has 1 fully saturated rings. The topological polar surface area (TPSA) is 55.6 Å². The summed E-state index contributed by atoms with van der Waals surface area (Å²) in [6.45, 7) is 7.58. The van der Waals surface area contributed by atoms with Gasteiger partial charge in [-0.3, -0.25) is 4.79 Å². The Morgan fingerprint density at radius 1 is 1.50 bits per heavy atom. The Morgan fingerprint density at radius 2 is 2.12 bits per heavy atom. The highest BCUT2D eigenvalue weighted by Gasteiger charge is 2.31. The maximum absolute atomic E-state index is 11.8. The van der Waals surface area contributed by atoms with E-state index in [1.54, 1.807) is 0 Å². The lowest BCUT2D eigenvalue weighted by Gasteiger charge is -2.33. The first-order valence-electron chi connectivity index (χ1n) is 5.96. The van der Waals surface area contributed by atoms with E-state index in [9.17, 15) is 4.79 Å². The second-order valence-electron chi connectivity index (χ2n) is 5.72. The molecule has 0 aromatic heterocycles. The predicted molar refractivity (Wildman–Crippen MR) is 64.0 cm³/mol. The van der Waals surface area contributed by atoms with Crippen LogP contribution in [0.3, 0.4) is 0 Å². The first kappa shape index (κ1) is 13.5. The second-order valence-corrected chi connectivity index (χ2v) is 5.72. The fraction of sp³-hybridized carbons (Fsp3) is 0.917. The highest BCUT2D eigenvalue weighted by atomic mass is 16.6. The van der Waals surface area contributed by atoms with Crippen molar-refractivity contribution >= 4 is 5.97 Å². The minimum absolute atomic E-state index is 0.230. The van der Waals surface area contributed by atoms with Crippen LogP contribution in [0, 0.1) is 5.92 Å². The van der Waals surface area contributed by atoms with E-state index in [0.29, 0.717) is 0 Å². The van der Waals surface area contributed by atoms with Crippen LogP contribution in [-0.4, -0.2) is 42.6 Å². The van der Waals surface area contributed by atoms with Crippen LogP contribution in [0.25, 0.3) is 0 Å². The van der Waals surface area contributed by atoms with Gasteiger partial charge in [-0.2, -0.15) is 0 Å². The molecule has 0 radical (unpaired) electrons. The third-order valence-electron chi connectivity index (χ3n) is 2.85. The largest absolute Gasteiger partial charge is 0.459 e. The summed E-state index contributed by atoms with van der Waals surface area (Å²) in [6.07, 6.45) is 2.13. The van der Waals surface area contributed by atoms with E-state index < -0.39 is 11.6 Å². The van der Waals surface area contributed by atoms with Crippen molar-refractivity contribution in [2.45, 2.75) is 45.3 Å². The quantitative estimate of drug-likeness (QED) is 0.716. The molecule has 2 unspecified atom stereocenters. The molecule has 1 saturated heterocycles. The minimum Gasteiger partial charge on any atom is -0.459 e. The van der Waals surface area contributed by atoms with Crippen LogP contribution in [0.2, 0.25) is 0 Å². The Bertz CT molecular complexity index is 248. The van der Waals surface area contributed by atoms with Crippen LogP contribution in [-0.2, 0) is 9.53 Å². The van der Waals surface area contributed by atoms with Gasteiger partial charge in [-0.15, -0.1) is 0 Å². The van der Waals surface area contributed by atoms with E-state index in [2.05, 4.69) is 11.9 Å². The number of likely N-dealkylation sites (tertiary alicyclic amines) is 1. The van der Waals surface area contributed by atoms with Crippen molar-refractivity contribution < 1.29 is 9.53 Å². The highest BCUT2D eigenvalue weighted by Crippen LogP contribution is 2.19. The van der Waals surface area contributed by atoms with Gasteiger partial charge in [-0.1, -0.05) is 0 Å². The lowest BCUT2D eigenvalue weighted by Crippen LogP contribution is -2.48. The molecule has 1 aliphatic heterocycles. The molecule has 0 spiro atoms. The normalized spacial score (nSPS) is 25.2. The van der Waals surface area contributed by atoms with Crippen LogP contribution >= 0.6 is 0 Å². The predicted octanol–water partition coefficient (Wildman–Crippen LogP) is 0.997. The van der Waals surface area contributed by atoms with Crippen LogP contribution < -0.4 is 5.73 Å². The lowest BCUT2D eigenvalue weighted by atomic mass is 9.91. The monoisotopic (exact) mass is 228 g/mol. The van der Waals surface area contributed by atoms with Gasteiger partial charge in [0.15, 0.2) is 0 Å². The number of rotatable bonds is 2. The first-order chi connectivity index (χ1) is 7.29. The van der Waals surface area contributed by atoms with Crippen LogP contribution in [0.5, 0.6) is 0 Å². The summed E-state index contributed by atoms with van der Waals surface area (Å²) in [4.78, 5) is 14.0. The van der Waals surface area contributed by atoms with Gasteiger partial charge in [-0.05, 0) is 53.1 Å². The number of ether oxygens (including phenoxy) is 1. The molecule has 1 rings (SSSR count). The summed E-state index contributed by atoms with van der Waals surface area (Å²) in [6, 6.07) is -0.484. The zero-order chi connectivity index (χ0) is 12.3. The molecule has 94 valence electrons. The Labute approximate surface area is 98.1 Å². The van der Waals surface area contributed by atoms with Crippen molar-refractivity contribution in [3.63, 3.8) is 0 Å². The van der Waals surface area contributed by atoms with E-state index in [1.165, 1.54) is 0 Å². The van der Waals surface area contributed by atoms with Crippen molar-refractivity contribution in [3.05, 3.63) is 0 Å². The van der Waals surface area contributed by atoms with E-state index in [-0.39, 0.29) is 11.9 Å². The first-order valence-corrected chi connectivity index (χ1v) is 5.96.